The average molecular weight is 463 g/mol. The average Bonchev–Trinajstić information content (AvgIpc) is 3.33. The van der Waals surface area contributed by atoms with Crippen LogP contribution >= 0.6 is 0 Å². The molecule has 0 radical (unpaired) electrons. The van der Waals surface area contributed by atoms with Gasteiger partial charge in [0.25, 0.3) is 0 Å². The van der Waals surface area contributed by atoms with Crippen LogP contribution in [0, 0.1) is 45.8 Å². The third-order valence-corrected chi connectivity index (χ3v) is 10.3. The summed E-state index contributed by atoms with van der Waals surface area (Å²) in [5.41, 5.74) is -2.02. The highest BCUT2D eigenvalue weighted by atomic mass is 16.7. The first-order chi connectivity index (χ1) is 15.6. The third-order valence-electron chi connectivity index (χ3n) is 10.3. The summed E-state index contributed by atoms with van der Waals surface area (Å²) in [5.74, 6) is -0.0828. The first-order valence-corrected chi connectivity index (χ1v) is 12.6. The van der Waals surface area contributed by atoms with E-state index in [0.717, 1.165) is 31.1 Å². The number of carbonyl (C=O) groups excluding carboxylic acids is 1. The van der Waals surface area contributed by atoms with Gasteiger partial charge in [-0.15, -0.1) is 0 Å². The molecule has 5 aliphatic rings. The monoisotopic (exact) mass is 462 g/mol. The number of aldehydes is 1. The molecule has 0 aromatic rings. The van der Waals surface area contributed by atoms with Gasteiger partial charge in [-0.3, -0.25) is 4.79 Å². The van der Waals surface area contributed by atoms with Crippen molar-refractivity contribution in [2.75, 3.05) is 6.61 Å². The van der Waals surface area contributed by atoms with E-state index < -0.39 is 46.8 Å². The minimum absolute atomic E-state index is 0.0170. The number of fused-ring (bicyclic) bond motifs is 2. The number of ether oxygens (including phenoxy) is 2. The smallest absolute Gasteiger partial charge is 0.315 e. The Labute approximate surface area is 195 Å². The summed E-state index contributed by atoms with van der Waals surface area (Å²) in [5, 5.41) is 31.2. The number of carbonyl (C=O) groups is 2. The van der Waals surface area contributed by atoms with Crippen molar-refractivity contribution in [1.82, 2.24) is 0 Å². The largest absolute Gasteiger partial charge is 0.481 e. The molecule has 7 nitrogen and oxygen atoms in total. The lowest BCUT2D eigenvalue weighted by Gasteiger charge is -2.58. The highest BCUT2D eigenvalue weighted by Crippen LogP contribution is 2.82. The van der Waals surface area contributed by atoms with Gasteiger partial charge >= 0.3 is 5.97 Å². The SMILES string of the molecule is CC(C)C1=CC2CC3(C=O)C4CCC(C)C4CC2(CO[C@H]2C[C@H](O)[C@H](O)[C@@H](C)O2)C13C(=O)O. The lowest BCUT2D eigenvalue weighted by atomic mass is 9.43. The van der Waals surface area contributed by atoms with Crippen LogP contribution in [0.4, 0.5) is 0 Å². The van der Waals surface area contributed by atoms with E-state index in [9.17, 15) is 24.9 Å². The topological polar surface area (TPSA) is 113 Å². The fourth-order valence-corrected chi connectivity index (χ4v) is 9.01. The molecule has 3 N–H and O–H groups in total. The molecule has 4 fully saturated rings. The van der Waals surface area contributed by atoms with E-state index in [2.05, 4.69) is 13.0 Å². The molecule has 1 aliphatic heterocycles. The van der Waals surface area contributed by atoms with Gasteiger partial charge in [0.15, 0.2) is 6.29 Å². The number of aliphatic hydroxyl groups excluding tert-OH is 2. The standard InChI is InChI=1S/C26H38O7/c1-13(2)19-7-16-9-24(11-27)18-6-5-14(3)17(18)10-25(16,26(19,24)23(30)31)12-32-21-8-20(28)22(29)15(4)33-21/h7,11,13-18,20-22,28-29H,5-6,8-10,12H2,1-4H3,(H,30,31)/t14?,15-,16?,17?,18?,20+,21-,22-,24?,25?,26?/m1/s1. The van der Waals surface area contributed by atoms with E-state index >= 15 is 0 Å². The molecule has 7 unspecified atom stereocenters. The Morgan fingerprint density at radius 2 is 2.00 bits per heavy atom. The number of rotatable bonds is 6. The Bertz CT molecular complexity index is 857. The highest BCUT2D eigenvalue weighted by molar-refractivity contribution is 5.90. The summed E-state index contributed by atoms with van der Waals surface area (Å²) >= 11 is 0. The Kier molecular flexibility index (Phi) is 5.41. The minimum Gasteiger partial charge on any atom is -0.481 e. The molecule has 0 amide bonds. The Hall–Kier alpha value is -1.28. The molecule has 33 heavy (non-hydrogen) atoms. The van der Waals surface area contributed by atoms with Crippen molar-refractivity contribution in [3.8, 4) is 0 Å². The van der Waals surface area contributed by atoms with Gasteiger partial charge in [0.1, 0.15) is 17.8 Å². The van der Waals surface area contributed by atoms with Gasteiger partial charge in [-0.25, -0.2) is 0 Å². The number of hydrogen-bond acceptors (Lipinski definition) is 6. The van der Waals surface area contributed by atoms with Crippen LogP contribution in [0.1, 0.15) is 59.8 Å². The van der Waals surface area contributed by atoms with Gasteiger partial charge in [0.2, 0.25) is 0 Å². The molecule has 0 aromatic heterocycles. The summed E-state index contributed by atoms with van der Waals surface area (Å²) in [6, 6.07) is 0. The van der Waals surface area contributed by atoms with Crippen LogP contribution in [-0.2, 0) is 19.1 Å². The van der Waals surface area contributed by atoms with E-state index in [1.54, 1.807) is 6.92 Å². The van der Waals surface area contributed by atoms with E-state index in [1.165, 1.54) is 0 Å². The molecule has 1 saturated heterocycles. The van der Waals surface area contributed by atoms with Gasteiger partial charge in [0, 0.05) is 11.8 Å². The van der Waals surface area contributed by atoms with Crippen LogP contribution in [0.2, 0.25) is 0 Å². The first-order valence-electron chi connectivity index (χ1n) is 12.6. The van der Waals surface area contributed by atoms with Crippen molar-refractivity contribution in [3.63, 3.8) is 0 Å². The van der Waals surface area contributed by atoms with E-state index in [-0.39, 0.29) is 30.8 Å². The molecule has 7 heteroatoms. The molecule has 4 aliphatic carbocycles. The Morgan fingerprint density at radius 3 is 2.61 bits per heavy atom. The third kappa shape index (κ3) is 2.71. The molecule has 1 heterocycles. The number of hydrogen-bond donors (Lipinski definition) is 3. The lowest BCUT2D eigenvalue weighted by Crippen LogP contribution is -2.63. The quantitative estimate of drug-likeness (QED) is 0.411. The van der Waals surface area contributed by atoms with Crippen LogP contribution in [0.3, 0.4) is 0 Å². The van der Waals surface area contributed by atoms with E-state index in [4.69, 9.17) is 9.47 Å². The second-order valence-electron chi connectivity index (χ2n) is 11.9. The zero-order valence-electron chi connectivity index (χ0n) is 20.1. The number of carboxylic acid groups (broad SMARTS) is 1. The normalized spacial score (nSPS) is 52.6. The summed E-state index contributed by atoms with van der Waals surface area (Å²) in [6.45, 7) is 8.15. The number of aliphatic hydroxyl groups is 2. The highest BCUT2D eigenvalue weighted by Gasteiger charge is 2.84. The predicted molar refractivity (Wildman–Crippen MR) is 119 cm³/mol. The van der Waals surface area contributed by atoms with E-state index in [0.29, 0.717) is 18.3 Å². The van der Waals surface area contributed by atoms with E-state index in [1.807, 2.05) is 13.8 Å². The van der Waals surface area contributed by atoms with Crippen molar-refractivity contribution in [1.29, 1.82) is 0 Å². The van der Waals surface area contributed by atoms with Gasteiger partial charge in [-0.05, 0) is 55.8 Å². The van der Waals surface area contributed by atoms with Crippen molar-refractivity contribution in [3.05, 3.63) is 11.6 Å². The fraction of sp³-hybridized carbons (Fsp3) is 0.846. The zero-order valence-corrected chi connectivity index (χ0v) is 20.1. The number of carboxylic acids is 1. The van der Waals surface area contributed by atoms with Gasteiger partial charge in [0.05, 0.1) is 24.2 Å². The lowest BCUT2D eigenvalue weighted by molar-refractivity contribution is -0.263. The van der Waals surface area contributed by atoms with Crippen molar-refractivity contribution in [2.24, 2.45) is 45.8 Å². The first kappa shape index (κ1) is 23.5. The van der Waals surface area contributed by atoms with Gasteiger partial charge in [-0.1, -0.05) is 38.8 Å². The molecule has 0 spiro atoms. The van der Waals surface area contributed by atoms with Crippen LogP contribution in [0.5, 0.6) is 0 Å². The van der Waals surface area contributed by atoms with Gasteiger partial charge < -0.3 is 29.6 Å². The molecule has 184 valence electrons. The summed E-state index contributed by atoms with van der Waals surface area (Å²) < 4.78 is 12.1. The maximum atomic E-state index is 13.4. The molecular formula is C26H38O7. The fourth-order valence-electron chi connectivity index (χ4n) is 9.01. The van der Waals surface area contributed by atoms with Crippen molar-refractivity contribution >= 4 is 12.3 Å². The predicted octanol–water partition coefficient (Wildman–Crippen LogP) is 2.78. The maximum absolute atomic E-state index is 13.4. The Balaban J connectivity index is 1.58. The summed E-state index contributed by atoms with van der Waals surface area (Å²) in [4.78, 5) is 26.4. The molecule has 0 aromatic carbocycles. The summed E-state index contributed by atoms with van der Waals surface area (Å²) in [6.07, 6.45) is 3.32. The molecule has 11 atom stereocenters. The number of aliphatic carboxylic acids is 1. The van der Waals surface area contributed by atoms with Crippen LogP contribution < -0.4 is 0 Å². The van der Waals surface area contributed by atoms with Crippen LogP contribution in [0.25, 0.3) is 0 Å². The van der Waals surface area contributed by atoms with Gasteiger partial charge in [-0.2, -0.15) is 0 Å². The van der Waals surface area contributed by atoms with Crippen molar-refractivity contribution < 1.29 is 34.4 Å². The second-order valence-corrected chi connectivity index (χ2v) is 11.9. The van der Waals surface area contributed by atoms with Crippen LogP contribution in [-0.4, -0.2) is 58.8 Å². The molecule has 3 saturated carbocycles. The minimum atomic E-state index is -1.27. The Morgan fingerprint density at radius 1 is 1.27 bits per heavy atom. The second kappa shape index (κ2) is 7.61. The van der Waals surface area contributed by atoms with Crippen LogP contribution in [0.15, 0.2) is 11.6 Å². The number of allylic oxidation sites excluding steroid dienone is 1. The maximum Gasteiger partial charge on any atom is 0.315 e. The molecular weight excluding hydrogens is 424 g/mol. The molecule has 4 bridgehead atoms. The van der Waals surface area contributed by atoms with Crippen molar-refractivity contribution in [2.45, 2.75) is 84.4 Å². The molecule has 5 rings (SSSR count). The zero-order chi connectivity index (χ0) is 23.9. The summed E-state index contributed by atoms with van der Waals surface area (Å²) in [7, 11) is 0.